The second-order valence-corrected chi connectivity index (χ2v) is 7.53. The molecule has 9 heteroatoms. The Bertz CT molecular complexity index is 887. The molecule has 2 amide bonds. The normalized spacial score (nSPS) is 15.0. The van der Waals surface area contributed by atoms with Crippen LogP contribution in [0.15, 0.2) is 42.5 Å². The van der Waals surface area contributed by atoms with Crippen molar-refractivity contribution in [2.75, 3.05) is 49.9 Å². The summed E-state index contributed by atoms with van der Waals surface area (Å²) in [7, 11) is 0. The van der Waals surface area contributed by atoms with Crippen LogP contribution in [0.25, 0.3) is 0 Å². The molecule has 0 saturated carbocycles. The highest BCUT2D eigenvalue weighted by Gasteiger charge is 2.19. The lowest BCUT2D eigenvalue weighted by atomic mass is 10.2. The van der Waals surface area contributed by atoms with E-state index in [1.807, 2.05) is 4.90 Å². The Hall–Kier alpha value is -2.55. The Labute approximate surface area is 178 Å². The van der Waals surface area contributed by atoms with Crippen molar-refractivity contribution in [1.29, 1.82) is 0 Å². The number of hydrogen-bond donors (Lipinski definition) is 2. The van der Waals surface area contributed by atoms with Gasteiger partial charge in [0.05, 0.1) is 12.2 Å². The van der Waals surface area contributed by atoms with Crippen LogP contribution in [0.5, 0.6) is 0 Å². The monoisotopic (exact) mass is 436 g/mol. The van der Waals surface area contributed by atoms with Crippen LogP contribution in [0.2, 0.25) is 5.02 Å². The largest absolute Gasteiger partial charge is 0.325 e. The summed E-state index contributed by atoms with van der Waals surface area (Å²) < 4.78 is 26.7. The minimum atomic E-state index is -0.566. The van der Waals surface area contributed by atoms with Gasteiger partial charge in [-0.3, -0.25) is 14.5 Å². The first kappa shape index (κ1) is 22.1. The maximum absolute atomic E-state index is 13.7. The number of anilines is 2. The Balaban J connectivity index is 1.35. The van der Waals surface area contributed by atoms with E-state index in [9.17, 15) is 18.4 Å². The zero-order valence-corrected chi connectivity index (χ0v) is 17.1. The van der Waals surface area contributed by atoms with Crippen LogP contribution in [0.4, 0.5) is 20.2 Å². The van der Waals surface area contributed by atoms with E-state index in [1.165, 1.54) is 36.4 Å². The molecule has 2 aromatic rings. The maximum atomic E-state index is 13.7. The van der Waals surface area contributed by atoms with Gasteiger partial charge in [-0.1, -0.05) is 11.6 Å². The number of carbonyl (C=O) groups excluding carboxylic acids is 2. The second-order valence-electron chi connectivity index (χ2n) is 7.10. The van der Waals surface area contributed by atoms with Gasteiger partial charge in [-0.2, -0.15) is 0 Å². The molecule has 160 valence electrons. The topological polar surface area (TPSA) is 64.7 Å². The highest BCUT2D eigenvalue weighted by molar-refractivity contribution is 6.30. The van der Waals surface area contributed by atoms with Gasteiger partial charge < -0.3 is 15.5 Å². The molecule has 30 heavy (non-hydrogen) atoms. The number of nitrogens with one attached hydrogen (secondary N) is 2. The average Bonchev–Trinajstić information content (AvgIpc) is 2.71. The van der Waals surface area contributed by atoms with Gasteiger partial charge in [-0.05, 0) is 42.5 Å². The van der Waals surface area contributed by atoms with Crippen molar-refractivity contribution in [3.63, 3.8) is 0 Å². The first-order valence-electron chi connectivity index (χ1n) is 9.64. The highest BCUT2D eigenvalue weighted by atomic mass is 35.5. The van der Waals surface area contributed by atoms with E-state index < -0.39 is 5.82 Å². The molecule has 0 unspecified atom stereocenters. The molecule has 1 aliphatic heterocycles. The molecule has 0 aromatic heterocycles. The zero-order chi connectivity index (χ0) is 21.5. The van der Waals surface area contributed by atoms with Crippen molar-refractivity contribution >= 4 is 34.8 Å². The van der Waals surface area contributed by atoms with Gasteiger partial charge in [-0.25, -0.2) is 8.78 Å². The van der Waals surface area contributed by atoms with E-state index >= 15 is 0 Å². The third-order valence-corrected chi connectivity index (χ3v) is 5.06. The molecule has 1 heterocycles. The first-order valence-corrected chi connectivity index (χ1v) is 10.0. The number of rotatable bonds is 7. The predicted octanol–water partition coefficient (Wildman–Crippen LogP) is 3.20. The SMILES string of the molecule is O=C(CN1CCN(CCC(=O)Nc2ccc(Cl)cc2F)CC1)Nc1ccc(F)cc1. The molecular weight excluding hydrogens is 414 g/mol. The predicted molar refractivity (Wildman–Crippen MR) is 113 cm³/mol. The third kappa shape index (κ3) is 6.76. The smallest absolute Gasteiger partial charge is 0.238 e. The molecular formula is C21H23ClF2N4O2. The standard InChI is InChI=1S/C21H23ClF2N4O2/c22-15-1-6-19(18(24)13-15)26-20(29)7-8-27-9-11-28(12-10-27)14-21(30)25-17-4-2-16(23)3-5-17/h1-6,13H,7-12,14H2,(H,25,30)(H,26,29). The number of hydrogen-bond acceptors (Lipinski definition) is 4. The lowest BCUT2D eigenvalue weighted by Gasteiger charge is -2.34. The van der Waals surface area contributed by atoms with Crippen LogP contribution in [-0.4, -0.2) is 60.9 Å². The number of benzene rings is 2. The summed E-state index contributed by atoms with van der Waals surface area (Å²) in [6.07, 6.45) is 0.243. The van der Waals surface area contributed by atoms with E-state index in [1.54, 1.807) is 0 Å². The molecule has 2 aromatic carbocycles. The van der Waals surface area contributed by atoms with Crippen LogP contribution in [0, 0.1) is 11.6 Å². The number of piperazine rings is 1. The minimum Gasteiger partial charge on any atom is -0.325 e. The van der Waals surface area contributed by atoms with Gasteiger partial charge in [0.15, 0.2) is 0 Å². The van der Waals surface area contributed by atoms with Gasteiger partial charge in [0.1, 0.15) is 11.6 Å². The fourth-order valence-electron chi connectivity index (χ4n) is 3.17. The van der Waals surface area contributed by atoms with Gasteiger partial charge in [0, 0.05) is 49.9 Å². The summed E-state index contributed by atoms with van der Waals surface area (Å²) in [6, 6.07) is 9.75. The highest BCUT2D eigenvalue weighted by Crippen LogP contribution is 2.19. The molecule has 1 aliphatic rings. The van der Waals surface area contributed by atoms with Crippen LogP contribution in [0.1, 0.15) is 6.42 Å². The molecule has 2 N–H and O–H groups in total. The Morgan fingerprint density at radius 1 is 0.900 bits per heavy atom. The fraction of sp³-hybridized carbons (Fsp3) is 0.333. The maximum Gasteiger partial charge on any atom is 0.238 e. The van der Waals surface area contributed by atoms with Crippen molar-refractivity contribution in [1.82, 2.24) is 9.80 Å². The van der Waals surface area contributed by atoms with Crippen LogP contribution in [-0.2, 0) is 9.59 Å². The average molecular weight is 437 g/mol. The number of amides is 2. The van der Waals surface area contributed by atoms with Gasteiger partial charge >= 0.3 is 0 Å². The van der Waals surface area contributed by atoms with Crippen molar-refractivity contribution in [2.45, 2.75) is 6.42 Å². The van der Waals surface area contributed by atoms with E-state index in [2.05, 4.69) is 15.5 Å². The van der Waals surface area contributed by atoms with E-state index in [0.29, 0.717) is 25.3 Å². The van der Waals surface area contributed by atoms with Crippen LogP contribution in [0.3, 0.4) is 0 Å². The number of halogens is 3. The first-order chi connectivity index (χ1) is 14.4. The lowest BCUT2D eigenvalue weighted by molar-refractivity contribution is -0.117. The van der Waals surface area contributed by atoms with Crippen molar-refractivity contribution in [2.24, 2.45) is 0 Å². The minimum absolute atomic E-state index is 0.112. The van der Waals surface area contributed by atoms with Crippen LogP contribution >= 0.6 is 11.6 Å². The van der Waals surface area contributed by atoms with Gasteiger partial charge in [-0.15, -0.1) is 0 Å². The second kappa shape index (κ2) is 10.5. The van der Waals surface area contributed by atoms with Gasteiger partial charge in [0.2, 0.25) is 11.8 Å². The summed E-state index contributed by atoms with van der Waals surface area (Å²) in [6.45, 7) is 3.66. The fourth-order valence-corrected chi connectivity index (χ4v) is 3.33. The quantitative estimate of drug-likeness (QED) is 0.699. The Morgan fingerprint density at radius 3 is 2.23 bits per heavy atom. The van der Waals surface area contributed by atoms with E-state index in [4.69, 9.17) is 11.6 Å². The summed E-state index contributed by atoms with van der Waals surface area (Å²) in [5, 5.41) is 5.57. The summed E-state index contributed by atoms with van der Waals surface area (Å²) in [5.41, 5.74) is 0.671. The molecule has 6 nitrogen and oxygen atoms in total. The summed E-state index contributed by atoms with van der Waals surface area (Å²) in [5.74, 6) is -1.34. The van der Waals surface area contributed by atoms with Crippen molar-refractivity contribution < 1.29 is 18.4 Å². The molecule has 3 rings (SSSR count). The summed E-state index contributed by atoms with van der Waals surface area (Å²) in [4.78, 5) is 28.4. The Kier molecular flexibility index (Phi) is 7.73. The molecule has 1 fully saturated rings. The molecule has 0 spiro atoms. The van der Waals surface area contributed by atoms with Gasteiger partial charge in [0.25, 0.3) is 0 Å². The lowest BCUT2D eigenvalue weighted by Crippen LogP contribution is -2.49. The summed E-state index contributed by atoms with van der Waals surface area (Å²) >= 11 is 5.70. The van der Waals surface area contributed by atoms with Crippen molar-refractivity contribution in [3.8, 4) is 0 Å². The molecule has 0 radical (unpaired) electrons. The van der Waals surface area contributed by atoms with E-state index in [0.717, 1.165) is 19.2 Å². The zero-order valence-electron chi connectivity index (χ0n) is 16.3. The Morgan fingerprint density at radius 2 is 1.57 bits per heavy atom. The third-order valence-electron chi connectivity index (χ3n) is 4.82. The molecule has 0 aliphatic carbocycles. The van der Waals surface area contributed by atoms with Crippen molar-refractivity contribution in [3.05, 3.63) is 59.1 Å². The number of carbonyl (C=O) groups is 2. The van der Waals surface area contributed by atoms with Crippen LogP contribution < -0.4 is 10.6 Å². The molecule has 0 atom stereocenters. The van der Waals surface area contributed by atoms with E-state index in [-0.39, 0.29) is 41.3 Å². The molecule has 0 bridgehead atoms. The number of nitrogens with zero attached hydrogens (tertiary/aromatic N) is 2. The molecule has 1 saturated heterocycles.